The van der Waals surface area contributed by atoms with Gasteiger partial charge in [-0.2, -0.15) is 0 Å². The van der Waals surface area contributed by atoms with Crippen LogP contribution in [0.25, 0.3) is 0 Å². The number of ether oxygens (including phenoxy) is 1. The summed E-state index contributed by atoms with van der Waals surface area (Å²) in [6.45, 7) is 0.583. The Labute approximate surface area is 116 Å². The first-order valence-corrected chi connectivity index (χ1v) is 6.62. The van der Waals surface area contributed by atoms with E-state index in [1.54, 1.807) is 7.11 Å². The minimum Gasteiger partial charge on any atom is -0.384 e. The first-order valence-electron chi connectivity index (χ1n) is 6.62. The Morgan fingerprint density at radius 2 is 2.20 bits per heavy atom. The number of amides is 2. The van der Waals surface area contributed by atoms with Gasteiger partial charge < -0.3 is 15.4 Å². The van der Waals surface area contributed by atoms with E-state index in [1.165, 1.54) is 12.1 Å². The number of benzene rings is 1. The van der Waals surface area contributed by atoms with Crippen molar-refractivity contribution in [2.45, 2.75) is 25.3 Å². The lowest BCUT2D eigenvalue weighted by atomic mass is 10.1. The van der Waals surface area contributed by atoms with E-state index in [9.17, 15) is 13.6 Å². The largest absolute Gasteiger partial charge is 0.384 e. The molecule has 1 aliphatic carbocycles. The maximum Gasteiger partial charge on any atom is 0.319 e. The summed E-state index contributed by atoms with van der Waals surface area (Å²) in [5, 5.41) is 5.12. The molecular weight excluding hydrogens is 266 g/mol. The van der Waals surface area contributed by atoms with Gasteiger partial charge >= 0.3 is 6.03 Å². The average Bonchev–Trinajstić information content (AvgIpc) is 2.83. The SMILES string of the molecule is COC[C@@H]1CCC[C@@H]1NC(=O)Nc1cccc(F)c1F. The van der Waals surface area contributed by atoms with Gasteiger partial charge in [0.25, 0.3) is 0 Å². The zero-order chi connectivity index (χ0) is 14.5. The van der Waals surface area contributed by atoms with E-state index in [1.807, 2.05) is 0 Å². The molecule has 20 heavy (non-hydrogen) atoms. The van der Waals surface area contributed by atoms with Gasteiger partial charge in [-0.05, 0) is 25.0 Å². The second-order valence-corrected chi connectivity index (χ2v) is 4.95. The normalized spacial score (nSPS) is 21.8. The Hall–Kier alpha value is -1.69. The first-order chi connectivity index (χ1) is 9.61. The van der Waals surface area contributed by atoms with E-state index in [0.717, 1.165) is 25.3 Å². The van der Waals surface area contributed by atoms with Crippen molar-refractivity contribution in [1.82, 2.24) is 5.32 Å². The summed E-state index contributed by atoms with van der Waals surface area (Å²) < 4.78 is 31.6. The lowest BCUT2D eigenvalue weighted by molar-refractivity contribution is 0.142. The Morgan fingerprint density at radius 1 is 1.40 bits per heavy atom. The second kappa shape index (κ2) is 6.65. The molecule has 0 aliphatic heterocycles. The number of methoxy groups -OCH3 is 1. The van der Waals surface area contributed by atoms with E-state index in [2.05, 4.69) is 10.6 Å². The molecule has 0 heterocycles. The molecule has 1 aromatic rings. The van der Waals surface area contributed by atoms with E-state index >= 15 is 0 Å². The Balaban J connectivity index is 1.94. The van der Waals surface area contributed by atoms with Crippen LogP contribution in [0.1, 0.15) is 19.3 Å². The number of nitrogens with one attached hydrogen (secondary N) is 2. The minimum absolute atomic E-state index is 0.00608. The molecule has 0 radical (unpaired) electrons. The van der Waals surface area contributed by atoms with Gasteiger partial charge in [0.15, 0.2) is 11.6 Å². The molecule has 0 saturated heterocycles. The highest BCUT2D eigenvalue weighted by Gasteiger charge is 2.28. The van der Waals surface area contributed by atoms with Gasteiger partial charge in [0.1, 0.15) is 0 Å². The molecule has 0 unspecified atom stereocenters. The Kier molecular flexibility index (Phi) is 4.89. The average molecular weight is 284 g/mol. The van der Waals surface area contributed by atoms with E-state index < -0.39 is 17.7 Å². The number of hydrogen-bond acceptors (Lipinski definition) is 2. The van der Waals surface area contributed by atoms with Crippen molar-refractivity contribution < 1.29 is 18.3 Å². The Bertz CT molecular complexity index is 482. The number of hydrogen-bond donors (Lipinski definition) is 2. The standard InChI is InChI=1S/C14H18F2N2O2/c1-20-8-9-4-2-6-11(9)17-14(19)18-12-7-3-5-10(15)13(12)16/h3,5,7,9,11H,2,4,6,8H2,1H3,(H2,17,18,19)/t9-,11-/m0/s1. The maximum absolute atomic E-state index is 13.4. The van der Waals surface area contributed by atoms with Gasteiger partial charge in [-0.1, -0.05) is 12.5 Å². The fourth-order valence-corrected chi connectivity index (χ4v) is 2.57. The molecule has 2 atom stereocenters. The van der Waals surface area contributed by atoms with Gasteiger partial charge in [-0.25, -0.2) is 13.6 Å². The fourth-order valence-electron chi connectivity index (χ4n) is 2.57. The zero-order valence-corrected chi connectivity index (χ0v) is 11.3. The molecular formula is C14H18F2N2O2. The number of rotatable bonds is 4. The van der Waals surface area contributed by atoms with Crippen LogP contribution < -0.4 is 10.6 Å². The van der Waals surface area contributed by atoms with Crippen LogP contribution >= 0.6 is 0 Å². The zero-order valence-electron chi connectivity index (χ0n) is 11.3. The van der Waals surface area contributed by atoms with Crippen LogP contribution in [0.15, 0.2) is 18.2 Å². The summed E-state index contributed by atoms with van der Waals surface area (Å²) in [6.07, 6.45) is 2.88. The molecule has 1 aliphatic rings. The quantitative estimate of drug-likeness (QED) is 0.893. The highest BCUT2D eigenvalue weighted by Crippen LogP contribution is 2.26. The van der Waals surface area contributed by atoms with E-state index in [-0.39, 0.29) is 17.6 Å². The van der Waals surface area contributed by atoms with Crippen LogP contribution in [0.4, 0.5) is 19.3 Å². The van der Waals surface area contributed by atoms with Gasteiger partial charge in [0, 0.05) is 19.1 Å². The van der Waals surface area contributed by atoms with Gasteiger partial charge in [-0.3, -0.25) is 0 Å². The molecule has 2 N–H and O–H groups in total. The summed E-state index contributed by atoms with van der Waals surface area (Å²) >= 11 is 0. The van der Waals surface area contributed by atoms with Crippen molar-refractivity contribution in [2.75, 3.05) is 19.0 Å². The number of urea groups is 1. The third-order valence-corrected chi connectivity index (χ3v) is 3.56. The summed E-state index contributed by atoms with van der Waals surface area (Å²) in [7, 11) is 1.62. The van der Waals surface area contributed by atoms with Crippen LogP contribution in [-0.2, 0) is 4.74 Å². The molecule has 1 aromatic carbocycles. The smallest absolute Gasteiger partial charge is 0.319 e. The Morgan fingerprint density at radius 3 is 2.95 bits per heavy atom. The van der Waals surface area contributed by atoms with Gasteiger partial charge in [0.2, 0.25) is 0 Å². The molecule has 110 valence electrons. The van der Waals surface area contributed by atoms with E-state index in [4.69, 9.17) is 4.74 Å². The van der Waals surface area contributed by atoms with Crippen molar-refractivity contribution in [3.8, 4) is 0 Å². The highest BCUT2D eigenvalue weighted by atomic mass is 19.2. The number of carbonyl (C=O) groups is 1. The van der Waals surface area contributed by atoms with Crippen molar-refractivity contribution >= 4 is 11.7 Å². The van der Waals surface area contributed by atoms with Gasteiger partial charge in [0.05, 0.1) is 12.3 Å². The fraction of sp³-hybridized carbons (Fsp3) is 0.500. The van der Waals surface area contributed by atoms with E-state index in [0.29, 0.717) is 6.61 Å². The monoisotopic (exact) mass is 284 g/mol. The summed E-state index contributed by atoms with van der Waals surface area (Å²) in [5.41, 5.74) is -0.163. The van der Waals surface area contributed by atoms with Crippen LogP contribution in [0, 0.1) is 17.6 Å². The topological polar surface area (TPSA) is 50.4 Å². The van der Waals surface area contributed by atoms with Crippen LogP contribution in [0.2, 0.25) is 0 Å². The molecule has 0 bridgehead atoms. The third kappa shape index (κ3) is 3.45. The second-order valence-electron chi connectivity index (χ2n) is 4.95. The predicted molar refractivity (Wildman–Crippen MR) is 71.5 cm³/mol. The highest BCUT2D eigenvalue weighted by molar-refractivity contribution is 5.89. The minimum atomic E-state index is -1.05. The maximum atomic E-state index is 13.4. The number of carbonyl (C=O) groups excluding carboxylic acids is 1. The van der Waals surface area contributed by atoms with Crippen molar-refractivity contribution in [1.29, 1.82) is 0 Å². The molecule has 2 amide bonds. The van der Waals surface area contributed by atoms with Crippen molar-refractivity contribution in [3.05, 3.63) is 29.8 Å². The molecule has 0 aromatic heterocycles. The molecule has 1 fully saturated rings. The lowest BCUT2D eigenvalue weighted by Crippen LogP contribution is -2.41. The summed E-state index contributed by atoms with van der Waals surface area (Å²) in [5.74, 6) is -1.77. The number of anilines is 1. The summed E-state index contributed by atoms with van der Waals surface area (Å²) in [6, 6.07) is 3.15. The molecule has 2 rings (SSSR count). The summed E-state index contributed by atoms with van der Waals surface area (Å²) in [4.78, 5) is 11.8. The predicted octanol–water partition coefficient (Wildman–Crippen LogP) is 2.90. The van der Waals surface area contributed by atoms with Gasteiger partial charge in [-0.15, -0.1) is 0 Å². The van der Waals surface area contributed by atoms with Crippen molar-refractivity contribution in [3.63, 3.8) is 0 Å². The molecule has 4 nitrogen and oxygen atoms in total. The molecule has 1 saturated carbocycles. The molecule has 6 heteroatoms. The lowest BCUT2D eigenvalue weighted by Gasteiger charge is -2.20. The first kappa shape index (κ1) is 14.7. The van der Waals surface area contributed by atoms with Crippen LogP contribution in [0.5, 0.6) is 0 Å². The molecule has 0 spiro atoms. The third-order valence-electron chi connectivity index (χ3n) is 3.56. The number of halogens is 2. The van der Waals surface area contributed by atoms with Crippen LogP contribution in [0.3, 0.4) is 0 Å². The van der Waals surface area contributed by atoms with Crippen molar-refractivity contribution in [2.24, 2.45) is 5.92 Å². The van der Waals surface area contributed by atoms with Crippen LogP contribution in [-0.4, -0.2) is 25.8 Å².